The predicted molar refractivity (Wildman–Crippen MR) is 79.7 cm³/mol. The third-order valence-electron chi connectivity index (χ3n) is 2.86. The topological polar surface area (TPSA) is 99.9 Å². The second-order valence-electron chi connectivity index (χ2n) is 4.49. The number of ether oxygens (including phenoxy) is 3. The van der Waals surface area contributed by atoms with Gasteiger partial charge in [-0.25, -0.2) is 4.79 Å². The molecule has 1 aromatic heterocycles. The van der Waals surface area contributed by atoms with Crippen LogP contribution in [0.25, 0.3) is 0 Å². The van der Waals surface area contributed by atoms with Crippen LogP contribution in [-0.4, -0.2) is 37.9 Å². The first-order valence-electron chi connectivity index (χ1n) is 6.66. The molecule has 2 rings (SSSR count). The number of hydrogen-bond acceptors (Lipinski definition) is 7. The maximum absolute atomic E-state index is 12.2. The van der Waals surface area contributed by atoms with Crippen LogP contribution in [0.1, 0.15) is 16.1 Å². The van der Waals surface area contributed by atoms with E-state index < -0.39 is 18.5 Å². The van der Waals surface area contributed by atoms with Crippen LogP contribution < -0.4 is 14.8 Å². The number of carbonyl (C=O) groups is 2. The van der Waals surface area contributed by atoms with Gasteiger partial charge in [-0.05, 0) is 19.1 Å². The number of aryl methyl sites for hydroxylation is 1. The van der Waals surface area contributed by atoms with Crippen LogP contribution >= 0.6 is 0 Å². The van der Waals surface area contributed by atoms with E-state index in [4.69, 9.17) is 18.7 Å². The fraction of sp³-hybridized carbons (Fsp3) is 0.267. The summed E-state index contributed by atoms with van der Waals surface area (Å²) in [6.07, 6.45) is 0. The first kappa shape index (κ1) is 16.3. The molecule has 122 valence electrons. The van der Waals surface area contributed by atoms with E-state index >= 15 is 0 Å². The van der Waals surface area contributed by atoms with E-state index in [0.717, 1.165) is 0 Å². The van der Waals surface area contributed by atoms with Crippen LogP contribution in [0.15, 0.2) is 28.8 Å². The minimum atomic E-state index is -0.733. The van der Waals surface area contributed by atoms with Gasteiger partial charge in [0.2, 0.25) is 5.88 Å². The highest BCUT2D eigenvalue weighted by atomic mass is 16.5. The summed E-state index contributed by atoms with van der Waals surface area (Å²) < 4.78 is 20.0. The third kappa shape index (κ3) is 4.00. The highest BCUT2D eigenvalue weighted by Crippen LogP contribution is 2.28. The second kappa shape index (κ2) is 7.30. The summed E-state index contributed by atoms with van der Waals surface area (Å²) in [5.41, 5.74) is 0.733. The molecular weight excluding hydrogens is 304 g/mol. The fourth-order valence-corrected chi connectivity index (χ4v) is 1.85. The quantitative estimate of drug-likeness (QED) is 0.810. The molecule has 0 spiro atoms. The van der Waals surface area contributed by atoms with E-state index in [-0.39, 0.29) is 11.4 Å². The zero-order valence-corrected chi connectivity index (χ0v) is 12.9. The SMILES string of the molecule is COc1cccc(OC)c1C(=O)OCC(=O)Nc1cc(C)no1. The largest absolute Gasteiger partial charge is 0.496 e. The number of rotatable bonds is 6. The Hall–Kier alpha value is -3.03. The lowest BCUT2D eigenvalue weighted by Crippen LogP contribution is -2.21. The van der Waals surface area contributed by atoms with E-state index in [1.54, 1.807) is 31.2 Å². The molecule has 0 aliphatic heterocycles. The average molecular weight is 320 g/mol. The first-order valence-corrected chi connectivity index (χ1v) is 6.66. The molecule has 23 heavy (non-hydrogen) atoms. The van der Waals surface area contributed by atoms with Gasteiger partial charge in [0.05, 0.1) is 19.9 Å². The zero-order chi connectivity index (χ0) is 16.8. The van der Waals surface area contributed by atoms with Crippen LogP contribution in [0.5, 0.6) is 11.5 Å². The Balaban J connectivity index is 2.01. The number of amides is 1. The number of nitrogens with zero attached hydrogens (tertiary/aromatic N) is 1. The number of methoxy groups -OCH3 is 2. The number of benzene rings is 1. The molecular formula is C15H16N2O6. The summed E-state index contributed by atoms with van der Waals surface area (Å²) in [6, 6.07) is 6.41. The summed E-state index contributed by atoms with van der Waals surface area (Å²) in [5.74, 6) is -0.522. The van der Waals surface area contributed by atoms with Crippen molar-refractivity contribution >= 4 is 17.8 Å². The van der Waals surface area contributed by atoms with Gasteiger partial charge in [-0.15, -0.1) is 0 Å². The van der Waals surface area contributed by atoms with Crippen LogP contribution in [0.4, 0.5) is 5.88 Å². The molecule has 1 aromatic carbocycles. The first-order chi connectivity index (χ1) is 11.0. The van der Waals surface area contributed by atoms with Crippen molar-refractivity contribution < 1.29 is 28.3 Å². The van der Waals surface area contributed by atoms with Crippen molar-refractivity contribution in [2.75, 3.05) is 26.1 Å². The van der Waals surface area contributed by atoms with Gasteiger partial charge in [0.25, 0.3) is 5.91 Å². The molecule has 0 radical (unpaired) electrons. The van der Waals surface area contributed by atoms with Gasteiger partial charge in [0.1, 0.15) is 17.1 Å². The smallest absolute Gasteiger partial charge is 0.346 e. The highest BCUT2D eigenvalue weighted by Gasteiger charge is 2.20. The van der Waals surface area contributed by atoms with Crippen LogP contribution in [0.3, 0.4) is 0 Å². The molecule has 0 bridgehead atoms. The van der Waals surface area contributed by atoms with E-state index in [2.05, 4.69) is 10.5 Å². The van der Waals surface area contributed by atoms with Gasteiger partial charge in [-0.2, -0.15) is 0 Å². The van der Waals surface area contributed by atoms with Gasteiger partial charge < -0.3 is 18.7 Å². The average Bonchev–Trinajstić information content (AvgIpc) is 2.96. The zero-order valence-electron chi connectivity index (χ0n) is 12.9. The third-order valence-corrected chi connectivity index (χ3v) is 2.86. The summed E-state index contributed by atoms with van der Waals surface area (Å²) in [6.45, 7) is 1.23. The Morgan fingerprint density at radius 1 is 1.22 bits per heavy atom. The molecule has 0 saturated carbocycles. The van der Waals surface area contributed by atoms with Crippen molar-refractivity contribution in [2.45, 2.75) is 6.92 Å². The minimum absolute atomic E-state index is 0.112. The summed E-state index contributed by atoms with van der Waals surface area (Å²) in [5, 5.41) is 6.05. The highest BCUT2D eigenvalue weighted by molar-refractivity contribution is 5.98. The monoisotopic (exact) mass is 320 g/mol. The Morgan fingerprint density at radius 2 is 1.87 bits per heavy atom. The maximum atomic E-state index is 12.2. The number of esters is 1. The van der Waals surface area contributed by atoms with Crippen LogP contribution in [-0.2, 0) is 9.53 Å². The van der Waals surface area contributed by atoms with Crippen molar-refractivity contribution in [2.24, 2.45) is 0 Å². The standard InChI is InChI=1S/C15H16N2O6/c1-9-7-13(23-17-9)16-12(18)8-22-15(19)14-10(20-2)5-4-6-11(14)21-3/h4-7H,8H2,1-3H3,(H,16,18). The Kier molecular flexibility index (Phi) is 5.19. The summed E-state index contributed by atoms with van der Waals surface area (Å²) in [7, 11) is 2.84. The molecule has 1 amide bonds. The maximum Gasteiger partial charge on any atom is 0.346 e. The lowest BCUT2D eigenvalue weighted by atomic mass is 10.2. The fourth-order valence-electron chi connectivity index (χ4n) is 1.85. The van der Waals surface area contributed by atoms with Crippen LogP contribution in [0, 0.1) is 6.92 Å². The van der Waals surface area contributed by atoms with E-state index in [1.807, 2.05) is 0 Å². The second-order valence-corrected chi connectivity index (χ2v) is 4.49. The molecule has 1 N–H and O–H groups in total. The van der Waals surface area contributed by atoms with Gasteiger partial charge in [0.15, 0.2) is 6.61 Å². The van der Waals surface area contributed by atoms with Crippen molar-refractivity contribution in [1.82, 2.24) is 5.16 Å². The molecule has 0 aliphatic carbocycles. The van der Waals surface area contributed by atoms with E-state index in [9.17, 15) is 9.59 Å². The minimum Gasteiger partial charge on any atom is -0.496 e. The Bertz CT molecular complexity index is 687. The lowest BCUT2D eigenvalue weighted by molar-refractivity contribution is -0.119. The van der Waals surface area contributed by atoms with Crippen molar-refractivity contribution in [3.05, 3.63) is 35.5 Å². The van der Waals surface area contributed by atoms with Gasteiger partial charge in [-0.1, -0.05) is 11.2 Å². The molecule has 8 heteroatoms. The van der Waals surface area contributed by atoms with Crippen LogP contribution in [0.2, 0.25) is 0 Å². The molecule has 0 fully saturated rings. The van der Waals surface area contributed by atoms with Gasteiger partial charge >= 0.3 is 5.97 Å². The van der Waals surface area contributed by atoms with Crippen molar-refractivity contribution in [1.29, 1.82) is 0 Å². The number of anilines is 1. The van der Waals surface area contributed by atoms with E-state index in [1.165, 1.54) is 14.2 Å². The molecule has 2 aromatic rings. The summed E-state index contributed by atoms with van der Waals surface area (Å²) in [4.78, 5) is 23.9. The number of carbonyl (C=O) groups excluding carboxylic acids is 2. The number of nitrogens with one attached hydrogen (secondary N) is 1. The Labute approximate surface area is 132 Å². The van der Waals surface area contributed by atoms with Gasteiger partial charge in [0, 0.05) is 6.07 Å². The van der Waals surface area contributed by atoms with E-state index in [0.29, 0.717) is 17.2 Å². The molecule has 0 aliphatic rings. The molecule has 8 nitrogen and oxygen atoms in total. The molecule has 0 atom stereocenters. The molecule has 0 unspecified atom stereocenters. The van der Waals surface area contributed by atoms with Crippen molar-refractivity contribution in [3.63, 3.8) is 0 Å². The normalized spacial score (nSPS) is 10.0. The van der Waals surface area contributed by atoms with Gasteiger partial charge in [-0.3, -0.25) is 10.1 Å². The number of aromatic nitrogens is 1. The lowest BCUT2D eigenvalue weighted by Gasteiger charge is -2.12. The van der Waals surface area contributed by atoms with Crippen molar-refractivity contribution in [3.8, 4) is 11.5 Å². The Morgan fingerprint density at radius 3 is 2.39 bits per heavy atom. The number of hydrogen-bond donors (Lipinski definition) is 1. The summed E-state index contributed by atoms with van der Waals surface area (Å²) >= 11 is 0. The molecule has 0 saturated heterocycles. The predicted octanol–water partition coefficient (Wildman–Crippen LogP) is 1.80. The molecule has 1 heterocycles.